The van der Waals surface area contributed by atoms with Gasteiger partial charge < -0.3 is 5.73 Å². The highest BCUT2D eigenvalue weighted by molar-refractivity contribution is 9.10. The lowest BCUT2D eigenvalue weighted by Crippen LogP contribution is -2.13. The first kappa shape index (κ1) is 12.8. The van der Waals surface area contributed by atoms with Crippen LogP contribution >= 0.6 is 15.9 Å². The topological polar surface area (TPSA) is 85.1 Å². The third-order valence-corrected chi connectivity index (χ3v) is 4.02. The molecule has 0 unspecified atom stereocenters. The summed E-state index contributed by atoms with van der Waals surface area (Å²) in [7, 11) is -3.64. The van der Waals surface area contributed by atoms with Crippen LogP contribution in [0.25, 0.3) is 0 Å². The van der Waals surface area contributed by atoms with Gasteiger partial charge in [0.1, 0.15) is 5.82 Å². The van der Waals surface area contributed by atoms with Crippen molar-refractivity contribution in [2.45, 2.75) is 4.90 Å². The molecule has 0 atom stereocenters. The van der Waals surface area contributed by atoms with E-state index < -0.39 is 10.0 Å². The molecule has 0 aliphatic rings. The summed E-state index contributed by atoms with van der Waals surface area (Å²) in [5.74, 6) is 0.251. The number of hydrogen-bond donors (Lipinski definition) is 2. The van der Waals surface area contributed by atoms with E-state index in [1.165, 1.54) is 30.5 Å². The van der Waals surface area contributed by atoms with Gasteiger partial charge in [0, 0.05) is 16.4 Å². The van der Waals surface area contributed by atoms with Crippen molar-refractivity contribution >= 4 is 37.5 Å². The van der Waals surface area contributed by atoms with Gasteiger partial charge in [0.2, 0.25) is 0 Å². The average molecular weight is 328 g/mol. The third-order valence-electron chi connectivity index (χ3n) is 2.15. The van der Waals surface area contributed by atoms with Gasteiger partial charge in [0.25, 0.3) is 10.0 Å². The Labute approximate surface area is 113 Å². The third kappa shape index (κ3) is 2.99. The number of aromatic nitrogens is 1. The van der Waals surface area contributed by atoms with E-state index in [9.17, 15) is 8.42 Å². The summed E-state index contributed by atoms with van der Waals surface area (Å²) >= 11 is 3.24. The summed E-state index contributed by atoms with van der Waals surface area (Å²) in [5.41, 5.74) is 6.02. The van der Waals surface area contributed by atoms with Crippen molar-refractivity contribution in [1.82, 2.24) is 4.98 Å². The first-order valence-corrected chi connectivity index (χ1v) is 7.25. The zero-order valence-electron chi connectivity index (χ0n) is 9.17. The second kappa shape index (κ2) is 4.95. The van der Waals surface area contributed by atoms with E-state index in [0.717, 1.165) is 4.47 Å². The smallest absolute Gasteiger partial charge is 0.263 e. The van der Waals surface area contributed by atoms with Gasteiger partial charge in [-0.2, -0.15) is 0 Å². The Morgan fingerprint density at radius 2 is 1.83 bits per heavy atom. The molecule has 0 radical (unpaired) electrons. The van der Waals surface area contributed by atoms with Crippen LogP contribution in [0.15, 0.2) is 52.0 Å². The fraction of sp³-hybridized carbons (Fsp3) is 0. The summed E-state index contributed by atoms with van der Waals surface area (Å²) < 4.78 is 27.2. The summed E-state index contributed by atoms with van der Waals surface area (Å²) in [6.45, 7) is 0. The Morgan fingerprint density at radius 3 is 2.44 bits per heavy atom. The molecule has 3 N–H and O–H groups in total. The summed E-state index contributed by atoms with van der Waals surface area (Å²) in [6.07, 6.45) is 1.50. The van der Waals surface area contributed by atoms with Crippen LogP contribution in [-0.2, 0) is 10.0 Å². The molecule has 1 heterocycles. The molecule has 0 saturated carbocycles. The highest BCUT2D eigenvalue weighted by Gasteiger charge is 2.14. The standard InChI is InChI=1S/C11H10BrN3O2S/c12-8-5-6-14-11(7-8)15-18(16,17)10-3-1-9(13)2-4-10/h1-7H,13H2,(H,14,15). The van der Waals surface area contributed by atoms with Gasteiger partial charge in [0.15, 0.2) is 0 Å². The molecule has 0 fully saturated rings. The number of nitrogens with two attached hydrogens (primary N) is 1. The number of benzene rings is 1. The van der Waals surface area contributed by atoms with Crippen molar-refractivity contribution in [3.63, 3.8) is 0 Å². The molecule has 0 amide bonds. The number of rotatable bonds is 3. The number of anilines is 2. The minimum absolute atomic E-state index is 0.137. The van der Waals surface area contributed by atoms with Crippen LogP contribution in [0.4, 0.5) is 11.5 Å². The summed E-state index contributed by atoms with van der Waals surface area (Å²) in [6, 6.07) is 9.23. The first-order valence-electron chi connectivity index (χ1n) is 4.97. The molecule has 0 saturated heterocycles. The first-order chi connectivity index (χ1) is 8.47. The Kier molecular flexibility index (Phi) is 3.53. The fourth-order valence-electron chi connectivity index (χ4n) is 1.30. The number of nitrogens with zero attached hydrogens (tertiary/aromatic N) is 1. The second-order valence-corrected chi connectivity index (χ2v) is 6.13. The molecule has 94 valence electrons. The SMILES string of the molecule is Nc1ccc(S(=O)(=O)Nc2cc(Br)ccn2)cc1. The largest absolute Gasteiger partial charge is 0.399 e. The Hall–Kier alpha value is -1.60. The number of nitrogens with one attached hydrogen (secondary N) is 1. The number of pyridine rings is 1. The number of nitrogen functional groups attached to an aromatic ring is 1. The van der Waals surface area contributed by atoms with E-state index in [4.69, 9.17) is 5.73 Å². The van der Waals surface area contributed by atoms with Crippen LogP contribution in [0, 0.1) is 0 Å². The molecule has 18 heavy (non-hydrogen) atoms. The maximum atomic E-state index is 12.0. The molecular weight excluding hydrogens is 318 g/mol. The molecule has 2 rings (SSSR count). The summed E-state index contributed by atoms with van der Waals surface area (Å²) in [5, 5.41) is 0. The molecule has 7 heteroatoms. The van der Waals surface area contributed by atoms with Crippen LogP contribution in [0.2, 0.25) is 0 Å². The van der Waals surface area contributed by atoms with Crippen LogP contribution in [-0.4, -0.2) is 13.4 Å². The lowest BCUT2D eigenvalue weighted by Gasteiger charge is -2.07. The maximum absolute atomic E-state index is 12.0. The molecule has 1 aromatic carbocycles. The molecule has 0 spiro atoms. The van der Waals surface area contributed by atoms with Gasteiger partial charge in [-0.15, -0.1) is 0 Å². The van der Waals surface area contributed by atoms with Gasteiger partial charge in [-0.05, 0) is 36.4 Å². The van der Waals surface area contributed by atoms with Crippen molar-refractivity contribution in [2.75, 3.05) is 10.5 Å². The van der Waals surface area contributed by atoms with Crippen molar-refractivity contribution in [3.8, 4) is 0 Å². The number of hydrogen-bond acceptors (Lipinski definition) is 4. The minimum atomic E-state index is -3.64. The van der Waals surface area contributed by atoms with Gasteiger partial charge in [-0.3, -0.25) is 4.72 Å². The normalized spacial score (nSPS) is 11.2. The molecule has 0 aliphatic heterocycles. The number of sulfonamides is 1. The molecule has 0 bridgehead atoms. The van der Waals surface area contributed by atoms with E-state index in [0.29, 0.717) is 5.69 Å². The lowest BCUT2D eigenvalue weighted by molar-refractivity contribution is 0.601. The minimum Gasteiger partial charge on any atom is -0.399 e. The van der Waals surface area contributed by atoms with Crippen molar-refractivity contribution in [3.05, 3.63) is 47.1 Å². The summed E-state index contributed by atoms with van der Waals surface area (Å²) in [4.78, 5) is 4.06. The van der Waals surface area contributed by atoms with Gasteiger partial charge in [0.05, 0.1) is 4.90 Å². The molecular formula is C11H10BrN3O2S. The van der Waals surface area contributed by atoms with Crippen LogP contribution < -0.4 is 10.5 Å². The zero-order chi connectivity index (χ0) is 13.2. The Bertz CT molecular complexity index is 656. The van der Waals surface area contributed by atoms with Crippen molar-refractivity contribution in [2.24, 2.45) is 0 Å². The van der Waals surface area contributed by atoms with Crippen molar-refractivity contribution in [1.29, 1.82) is 0 Å². The monoisotopic (exact) mass is 327 g/mol. The zero-order valence-corrected chi connectivity index (χ0v) is 11.6. The maximum Gasteiger partial charge on any atom is 0.263 e. The van der Waals surface area contributed by atoms with E-state index in [-0.39, 0.29) is 10.7 Å². The molecule has 5 nitrogen and oxygen atoms in total. The van der Waals surface area contributed by atoms with Crippen LogP contribution in [0.5, 0.6) is 0 Å². The van der Waals surface area contributed by atoms with Gasteiger partial charge in [-0.25, -0.2) is 13.4 Å². The van der Waals surface area contributed by atoms with E-state index in [2.05, 4.69) is 25.6 Å². The highest BCUT2D eigenvalue weighted by Crippen LogP contribution is 2.18. The Balaban J connectivity index is 2.30. The predicted octanol–water partition coefficient (Wildman–Crippen LogP) is 2.23. The highest BCUT2D eigenvalue weighted by atomic mass is 79.9. The second-order valence-electron chi connectivity index (χ2n) is 3.53. The Morgan fingerprint density at radius 1 is 1.17 bits per heavy atom. The van der Waals surface area contributed by atoms with Gasteiger partial charge in [-0.1, -0.05) is 15.9 Å². The van der Waals surface area contributed by atoms with Crippen molar-refractivity contribution < 1.29 is 8.42 Å². The van der Waals surface area contributed by atoms with Crippen LogP contribution in [0.1, 0.15) is 0 Å². The van der Waals surface area contributed by atoms with E-state index in [1.54, 1.807) is 12.1 Å². The lowest BCUT2D eigenvalue weighted by atomic mass is 10.3. The molecule has 2 aromatic rings. The predicted molar refractivity (Wildman–Crippen MR) is 73.6 cm³/mol. The number of halogens is 1. The fourth-order valence-corrected chi connectivity index (χ4v) is 2.64. The average Bonchev–Trinajstić information content (AvgIpc) is 2.29. The van der Waals surface area contributed by atoms with E-state index >= 15 is 0 Å². The molecule has 1 aromatic heterocycles. The molecule has 0 aliphatic carbocycles. The van der Waals surface area contributed by atoms with E-state index in [1.807, 2.05) is 0 Å². The van der Waals surface area contributed by atoms with Gasteiger partial charge >= 0.3 is 0 Å². The quantitative estimate of drug-likeness (QED) is 0.846. The van der Waals surface area contributed by atoms with Crippen LogP contribution in [0.3, 0.4) is 0 Å².